The van der Waals surface area contributed by atoms with Crippen LogP contribution in [-0.2, 0) is 6.18 Å². The van der Waals surface area contributed by atoms with E-state index in [1.54, 1.807) is 0 Å². The van der Waals surface area contributed by atoms with Crippen LogP contribution in [0.1, 0.15) is 5.56 Å². The summed E-state index contributed by atoms with van der Waals surface area (Å²) in [6, 6.07) is 4.29. The largest absolute Gasteiger partial charge is 0.482 e. The zero-order chi connectivity index (χ0) is 17.7. The minimum atomic E-state index is -4.75. The average molecular weight is 336 g/mol. The molecule has 0 fully saturated rings. The van der Waals surface area contributed by atoms with Gasteiger partial charge in [0.05, 0.1) is 11.3 Å². The quantitative estimate of drug-likeness (QED) is 0.519. The molecule has 1 aromatic carbocycles. The number of nitrogens with zero attached hydrogens (tertiary/aromatic N) is 3. The fourth-order valence-corrected chi connectivity index (χ4v) is 1.27. The third-order valence-corrected chi connectivity index (χ3v) is 2.20. The summed E-state index contributed by atoms with van der Waals surface area (Å²) < 4.78 is 78.6. The Labute approximate surface area is 125 Å². The molecule has 0 radical (unpaired) electrons. The van der Waals surface area contributed by atoms with Crippen LogP contribution in [0.2, 0.25) is 0 Å². The highest BCUT2D eigenvalue weighted by molar-refractivity contribution is 6.10. The Hall–Kier alpha value is -2.95. The molecule has 11 heteroatoms. The molecule has 122 valence electrons. The summed E-state index contributed by atoms with van der Waals surface area (Å²) in [5.41, 5.74) is -0.570. The third kappa shape index (κ3) is 5.74. The van der Waals surface area contributed by atoms with Crippen LogP contribution in [0.4, 0.5) is 32.0 Å². The van der Waals surface area contributed by atoms with Crippen molar-refractivity contribution in [2.75, 3.05) is 12.0 Å². The Bertz CT molecular complexity index is 665. The number of rotatable bonds is 4. The third-order valence-electron chi connectivity index (χ3n) is 2.20. The first-order chi connectivity index (χ1) is 10.6. The number of nitriles is 2. The highest BCUT2D eigenvalue weighted by atomic mass is 19.4. The van der Waals surface area contributed by atoms with Gasteiger partial charge in [-0.3, -0.25) is 5.43 Å². The van der Waals surface area contributed by atoms with Crippen LogP contribution in [0.3, 0.4) is 0 Å². The van der Waals surface area contributed by atoms with E-state index < -0.39 is 41.7 Å². The summed E-state index contributed by atoms with van der Waals surface area (Å²) in [6.45, 7) is -1.74. The number of alkyl halides is 6. The minimum Gasteiger partial charge on any atom is -0.482 e. The second kappa shape index (κ2) is 6.87. The SMILES string of the molecule is N#CC(C#N)=NNc1cc(C(F)(F)F)ccc1OCC(F)(F)F. The van der Waals surface area contributed by atoms with Gasteiger partial charge in [0.25, 0.3) is 0 Å². The van der Waals surface area contributed by atoms with Gasteiger partial charge in [0.2, 0.25) is 5.71 Å². The van der Waals surface area contributed by atoms with Crippen molar-refractivity contribution >= 4 is 11.4 Å². The lowest BCUT2D eigenvalue weighted by Gasteiger charge is -2.15. The first-order valence-corrected chi connectivity index (χ1v) is 5.61. The molecule has 1 rings (SSSR count). The van der Waals surface area contributed by atoms with Crippen LogP contribution in [0.25, 0.3) is 0 Å². The minimum absolute atomic E-state index is 0.446. The molecule has 23 heavy (non-hydrogen) atoms. The molecule has 0 amide bonds. The number of benzene rings is 1. The maximum absolute atomic E-state index is 12.6. The van der Waals surface area contributed by atoms with E-state index >= 15 is 0 Å². The van der Waals surface area contributed by atoms with E-state index in [0.717, 1.165) is 0 Å². The van der Waals surface area contributed by atoms with Gasteiger partial charge in [-0.15, -0.1) is 0 Å². The number of hydrogen-bond donors (Lipinski definition) is 1. The number of ether oxygens (including phenoxy) is 1. The standard InChI is InChI=1S/C12H6F6N4O/c13-11(14,15)6-23-10-2-1-7(12(16,17)18)3-9(10)22-21-8(4-19)5-20/h1-3,22H,6H2. The molecular formula is C12H6F6N4O. The average Bonchev–Trinajstić information content (AvgIpc) is 2.44. The van der Waals surface area contributed by atoms with Crippen molar-refractivity contribution in [3.63, 3.8) is 0 Å². The van der Waals surface area contributed by atoms with Crippen LogP contribution in [0, 0.1) is 22.7 Å². The van der Waals surface area contributed by atoms with Gasteiger partial charge in [0.1, 0.15) is 17.9 Å². The number of hydrogen-bond acceptors (Lipinski definition) is 5. The molecule has 0 heterocycles. The van der Waals surface area contributed by atoms with E-state index in [9.17, 15) is 26.3 Å². The van der Waals surface area contributed by atoms with Crippen LogP contribution in [0.15, 0.2) is 23.3 Å². The van der Waals surface area contributed by atoms with Crippen LogP contribution >= 0.6 is 0 Å². The van der Waals surface area contributed by atoms with E-state index in [2.05, 4.69) is 9.84 Å². The summed E-state index contributed by atoms with van der Waals surface area (Å²) in [7, 11) is 0. The molecule has 0 aliphatic heterocycles. The molecule has 0 saturated carbocycles. The van der Waals surface area contributed by atoms with Crippen molar-refractivity contribution in [1.82, 2.24) is 0 Å². The summed E-state index contributed by atoms with van der Waals surface area (Å²) in [5.74, 6) is -0.575. The van der Waals surface area contributed by atoms with Gasteiger partial charge in [0.15, 0.2) is 6.61 Å². The molecule has 0 aromatic heterocycles. The number of halogens is 6. The van der Waals surface area contributed by atoms with Crippen LogP contribution in [0.5, 0.6) is 5.75 Å². The molecule has 0 bridgehead atoms. The molecule has 0 aliphatic rings. The van der Waals surface area contributed by atoms with E-state index in [4.69, 9.17) is 10.5 Å². The number of anilines is 1. The van der Waals surface area contributed by atoms with Gasteiger partial charge >= 0.3 is 12.4 Å². The number of nitrogens with one attached hydrogen (secondary N) is 1. The van der Waals surface area contributed by atoms with E-state index in [-0.39, 0.29) is 0 Å². The fourth-order valence-electron chi connectivity index (χ4n) is 1.27. The molecule has 1 aromatic rings. The summed E-state index contributed by atoms with van der Waals surface area (Å²) in [4.78, 5) is 0. The van der Waals surface area contributed by atoms with Crippen LogP contribution < -0.4 is 10.2 Å². The highest BCUT2D eigenvalue weighted by Gasteiger charge is 2.32. The van der Waals surface area contributed by atoms with E-state index in [0.29, 0.717) is 18.2 Å². The van der Waals surface area contributed by atoms with E-state index in [1.807, 2.05) is 5.43 Å². The smallest absolute Gasteiger partial charge is 0.422 e. The Morgan fingerprint density at radius 2 is 1.74 bits per heavy atom. The molecule has 0 atom stereocenters. The Kier molecular flexibility index (Phi) is 5.41. The molecule has 0 unspecified atom stereocenters. The van der Waals surface area contributed by atoms with Crippen molar-refractivity contribution < 1.29 is 31.1 Å². The monoisotopic (exact) mass is 336 g/mol. The van der Waals surface area contributed by atoms with Crippen molar-refractivity contribution in [3.8, 4) is 17.9 Å². The van der Waals surface area contributed by atoms with Gasteiger partial charge in [-0.2, -0.15) is 42.0 Å². The summed E-state index contributed by atoms with van der Waals surface area (Å²) >= 11 is 0. The van der Waals surface area contributed by atoms with Crippen molar-refractivity contribution in [2.45, 2.75) is 12.4 Å². The molecule has 0 aliphatic carbocycles. The lowest BCUT2D eigenvalue weighted by molar-refractivity contribution is -0.153. The maximum Gasteiger partial charge on any atom is 0.422 e. The van der Waals surface area contributed by atoms with Gasteiger partial charge in [-0.1, -0.05) is 0 Å². The normalized spacial score (nSPS) is 11.1. The molecule has 0 spiro atoms. The van der Waals surface area contributed by atoms with Crippen molar-refractivity contribution in [1.29, 1.82) is 10.5 Å². The second-order valence-electron chi connectivity index (χ2n) is 3.91. The summed E-state index contributed by atoms with van der Waals surface area (Å²) in [6.07, 6.45) is -9.45. The molecule has 5 nitrogen and oxygen atoms in total. The van der Waals surface area contributed by atoms with Crippen molar-refractivity contribution in [3.05, 3.63) is 23.8 Å². The van der Waals surface area contributed by atoms with E-state index in [1.165, 1.54) is 12.1 Å². The van der Waals surface area contributed by atoms with Crippen LogP contribution in [-0.4, -0.2) is 18.5 Å². The Balaban J connectivity index is 3.17. The predicted molar refractivity (Wildman–Crippen MR) is 65.3 cm³/mol. The van der Waals surface area contributed by atoms with Gasteiger partial charge in [-0.05, 0) is 18.2 Å². The molecule has 1 N–H and O–H groups in total. The maximum atomic E-state index is 12.6. The molecular weight excluding hydrogens is 330 g/mol. The van der Waals surface area contributed by atoms with Gasteiger partial charge < -0.3 is 4.74 Å². The Morgan fingerprint density at radius 3 is 2.22 bits per heavy atom. The lowest BCUT2D eigenvalue weighted by Crippen LogP contribution is -2.19. The molecule has 0 saturated heterocycles. The lowest BCUT2D eigenvalue weighted by atomic mass is 10.2. The second-order valence-corrected chi connectivity index (χ2v) is 3.91. The zero-order valence-electron chi connectivity index (χ0n) is 11.0. The summed E-state index contributed by atoms with van der Waals surface area (Å²) in [5, 5.41) is 20.1. The fraction of sp³-hybridized carbons (Fsp3) is 0.250. The highest BCUT2D eigenvalue weighted by Crippen LogP contribution is 2.35. The van der Waals surface area contributed by atoms with Crippen molar-refractivity contribution in [2.24, 2.45) is 5.10 Å². The zero-order valence-corrected chi connectivity index (χ0v) is 11.0. The predicted octanol–water partition coefficient (Wildman–Crippen LogP) is 3.46. The van der Waals surface area contributed by atoms with Gasteiger partial charge in [0, 0.05) is 0 Å². The topological polar surface area (TPSA) is 81.2 Å². The first kappa shape index (κ1) is 18.1. The first-order valence-electron chi connectivity index (χ1n) is 5.61. The Morgan fingerprint density at radius 1 is 1.13 bits per heavy atom. The van der Waals surface area contributed by atoms with Gasteiger partial charge in [-0.25, -0.2) is 0 Å². The number of hydrazone groups is 1.